The third-order valence-electron chi connectivity index (χ3n) is 6.48. The molecule has 4 rings (SSSR count). The number of carbonyl (C=O) groups is 3. The minimum absolute atomic E-state index is 0.0158. The zero-order valence-electron chi connectivity index (χ0n) is 23.7. The fourth-order valence-corrected chi connectivity index (χ4v) is 6.83. The molecule has 1 aromatic heterocycles. The Labute approximate surface area is 246 Å². The molecule has 2 heterocycles. The molecule has 42 heavy (non-hydrogen) atoms. The molecule has 0 unspecified atom stereocenters. The van der Waals surface area contributed by atoms with E-state index in [0.717, 1.165) is 0 Å². The third-order valence-corrected chi connectivity index (χ3v) is 9.44. The standard InChI is InChI=1S/C27H32N4O9S2/c1-5-39-24(32)17-31-20-15-21(37-3)22(38-4)16-23(20)41-26(31)28-25(33)18-7-9-19(10-8-18)42(35,36)30-13-11-29(12-14-30)27(34)40-6-2/h7-10,15-16H,5-6,11-14,17H2,1-4H3. The van der Waals surface area contributed by atoms with Crippen molar-refractivity contribution in [2.24, 2.45) is 4.99 Å². The van der Waals surface area contributed by atoms with Crippen LogP contribution >= 0.6 is 11.3 Å². The molecule has 226 valence electrons. The number of methoxy groups -OCH3 is 2. The van der Waals surface area contributed by atoms with Crippen LogP contribution in [0.4, 0.5) is 4.79 Å². The SMILES string of the molecule is CCOC(=O)Cn1c(=NC(=O)c2ccc(S(=O)(=O)N3CCN(C(=O)OCC)CC3)cc2)sc2cc(OC)c(OC)cc21. The van der Waals surface area contributed by atoms with Crippen molar-refractivity contribution in [2.45, 2.75) is 25.3 Å². The first-order valence-corrected chi connectivity index (χ1v) is 15.4. The Kier molecular flexibility index (Phi) is 9.85. The van der Waals surface area contributed by atoms with Crippen LogP contribution < -0.4 is 14.3 Å². The van der Waals surface area contributed by atoms with Crippen LogP contribution in [-0.4, -0.2) is 93.8 Å². The van der Waals surface area contributed by atoms with Crippen molar-refractivity contribution >= 4 is 49.5 Å². The van der Waals surface area contributed by atoms with Crippen molar-refractivity contribution in [3.8, 4) is 11.5 Å². The summed E-state index contributed by atoms with van der Waals surface area (Å²) in [6, 6.07) is 8.91. The summed E-state index contributed by atoms with van der Waals surface area (Å²) >= 11 is 1.18. The predicted molar refractivity (Wildman–Crippen MR) is 153 cm³/mol. The quantitative estimate of drug-likeness (QED) is 0.329. The fraction of sp³-hybridized carbons (Fsp3) is 0.407. The smallest absolute Gasteiger partial charge is 0.409 e. The monoisotopic (exact) mass is 620 g/mol. The number of rotatable bonds is 9. The van der Waals surface area contributed by atoms with Crippen LogP contribution in [0.25, 0.3) is 10.2 Å². The summed E-state index contributed by atoms with van der Waals surface area (Å²) in [5.41, 5.74) is 0.762. The number of ether oxygens (including phenoxy) is 4. The number of hydrogen-bond donors (Lipinski definition) is 0. The van der Waals surface area contributed by atoms with Crippen molar-refractivity contribution in [3.63, 3.8) is 0 Å². The summed E-state index contributed by atoms with van der Waals surface area (Å²) in [6.45, 7) is 4.34. The van der Waals surface area contributed by atoms with Gasteiger partial charge < -0.3 is 28.4 Å². The first-order valence-electron chi connectivity index (χ1n) is 13.1. The van der Waals surface area contributed by atoms with E-state index < -0.39 is 28.0 Å². The van der Waals surface area contributed by atoms with Crippen LogP contribution in [0.1, 0.15) is 24.2 Å². The maximum atomic E-state index is 13.2. The summed E-state index contributed by atoms with van der Waals surface area (Å²) in [5, 5.41) is 0. The predicted octanol–water partition coefficient (Wildman–Crippen LogP) is 2.49. The number of piperazine rings is 1. The average molecular weight is 621 g/mol. The molecular formula is C27H32N4O9S2. The molecule has 1 aliphatic heterocycles. The van der Waals surface area contributed by atoms with Gasteiger partial charge in [0.05, 0.1) is 42.5 Å². The van der Waals surface area contributed by atoms with Crippen LogP contribution in [0.5, 0.6) is 11.5 Å². The van der Waals surface area contributed by atoms with Gasteiger partial charge >= 0.3 is 12.1 Å². The normalized spacial score (nSPS) is 14.6. The van der Waals surface area contributed by atoms with Crippen LogP contribution in [0, 0.1) is 0 Å². The molecule has 0 bridgehead atoms. The second-order valence-corrected chi connectivity index (χ2v) is 11.9. The second-order valence-electron chi connectivity index (χ2n) is 8.98. The summed E-state index contributed by atoms with van der Waals surface area (Å²) in [4.78, 5) is 43.5. The molecule has 3 aromatic rings. The van der Waals surface area contributed by atoms with Crippen LogP contribution in [0.15, 0.2) is 46.3 Å². The summed E-state index contributed by atoms with van der Waals surface area (Å²) < 4.78 is 50.8. The summed E-state index contributed by atoms with van der Waals surface area (Å²) in [6.07, 6.45) is -0.471. The van der Waals surface area contributed by atoms with Crippen molar-refractivity contribution in [1.82, 2.24) is 13.8 Å². The molecular weight excluding hydrogens is 588 g/mol. The van der Waals surface area contributed by atoms with Gasteiger partial charge in [0.1, 0.15) is 6.54 Å². The average Bonchev–Trinajstić information content (AvgIpc) is 3.31. The molecule has 0 radical (unpaired) electrons. The number of benzene rings is 2. The molecule has 15 heteroatoms. The lowest BCUT2D eigenvalue weighted by molar-refractivity contribution is -0.143. The molecule has 0 atom stereocenters. The van der Waals surface area contributed by atoms with Gasteiger partial charge in [0, 0.05) is 43.9 Å². The van der Waals surface area contributed by atoms with Gasteiger partial charge in [0.15, 0.2) is 16.3 Å². The Morgan fingerprint density at radius 2 is 1.52 bits per heavy atom. The number of carbonyl (C=O) groups excluding carboxylic acids is 3. The molecule has 13 nitrogen and oxygen atoms in total. The lowest BCUT2D eigenvalue weighted by atomic mass is 10.2. The van der Waals surface area contributed by atoms with Gasteiger partial charge in [0.2, 0.25) is 10.0 Å². The number of amides is 2. The first kappa shape index (κ1) is 31.0. The maximum absolute atomic E-state index is 13.2. The molecule has 0 spiro atoms. The van der Waals surface area contributed by atoms with Crippen molar-refractivity contribution < 1.29 is 41.7 Å². The van der Waals surface area contributed by atoms with Crippen LogP contribution in [0.2, 0.25) is 0 Å². The van der Waals surface area contributed by atoms with Gasteiger partial charge in [-0.2, -0.15) is 9.30 Å². The van der Waals surface area contributed by atoms with Crippen LogP contribution in [0.3, 0.4) is 0 Å². The highest BCUT2D eigenvalue weighted by Crippen LogP contribution is 2.33. The fourth-order valence-electron chi connectivity index (χ4n) is 4.37. The molecule has 1 saturated heterocycles. The number of fused-ring (bicyclic) bond motifs is 1. The van der Waals surface area contributed by atoms with E-state index in [1.807, 2.05) is 0 Å². The number of hydrogen-bond acceptors (Lipinski definition) is 10. The lowest BCUT2D eigenvalue weighted by Gasteiger charge is -2.33. The Morgan fingerprint density at radius 1 is 0.905 bits per heavy atom. The molecule has 0 N–H and O–H groups in total. The highest BCUT2D eigenvalue weighted by atomic mass is 32.2. The number of thiazole rings is 1. The van der Waals surface area contributed by atoms with E-state index >= 15 is 0 Å². The van der Waals surface area contributed by atoms with Crippen molar-refractivity contribution in [2.75, 3.05) is 53.6 Å². The van der Waals surface area contributed by atoms with Crippen molar-refractivity contribution in [3.05, 3.63) is 46.8 Å². The topological polar surface area (TPSA) is 146 Å². The summed E-state index contributed by atoms with van der Waals surface area (Å²) in [7, 11) is -0.846. The molecule has 2 amide bonds. The van der Waals surface area contributed by atoms with E-state index in [1.54, 1.807) is 30.5 Å². The highest BCUT2D eigenvalue weighted by molar-refractivity contribution is 7.89. The van der Waals surface area contributed by atoms with E-state index in [0.29, 0.717) is 21.7 Å². The minimum Gasteiger partial charge on any atom is -0.493 e. The molecule has 1 fully saturated rings. The highest BCUT2D eigenvalue weighted by Gasteiger charge is 2.30. The van der Waals surface area contributed by atoms with Gasteiger partial charge in [-0.05, 0) is 38.1 Å². The first-order chi connectivity index (χ1) is 20.1. The molecule has 0 saturated carbocycles. The van der Waals surface area contributed by atoms with Gasteiger partial charge in [-0.25, -0.2) is 13.2 Å². The summed E-state index contributed by atoms with van der Waals surface area (Å²) in [5.74, 6) is -0.201. The molecule has 0 aliphatic carbocycles. The largest absolute Gasteiger partial charge is 0.493 e. The number of aromatic nitrogens is 1. The Hall–Kier alpha value is -3.95. The molecule has 2 aromatic carbocycles. The van der Waals surface area contributed by atoms with E-state index in [1.165, 1.54) is 59.0 Å². The van der Waals surface area contributed by atoms with Gasteiger partial charge in [-0.15, -0.1) is 0 Å². The van der Waals surface area contributed by atoms with E-state index in [9.17, 15) is 22.8 Å². The Bertz CT molecular complexity index is 1640. The Morgan fingerprint density at radius 3 is 2.12 bits per heavy atom. The van der Waals surface area contributed by atoms with Gasteiger partial charge in [0.25, 0.3) is 5.91 Å². The minimum atomic E-state index is -3.85. The number of sulfonamides is 1. The van der Waals surface area contributed by atoms with Crippen LogP contribution in [-0.2, 0) is 30.8 Å². The van der Waals surface area contributed by atoms with E-state index in [2.05, 4.69) is 4.99 Å². The third kappa shape index (κ3) is 6.58. The van der Waals surface area contributed by atoms with E-state index in [4.69, 9.17) is 18.9 Å². The maximum Gasteiger partial charge on any atom is 0.409 e. The lowest BCUT2D eigenvalue weighted by Crippen LogP contribution is -2.50. The van der Waals surface area contributed by atoms with Gasteiger partial charge in [-0.1, -0.05) is 11.3 Å². The zero-order valence-corrected chi connectivity index (χ0v) is 25.3. The number of nitrogens with zero attached hydrogens (tertiary/aromatic N) is 4. The van der Waals surface area contributed by atoms with Gasteiger partial charge in [-0.3, -0.25) is 9.59 Å². The van der Waals surface area contributed by atoms with Crippen molar-refractivity contribution in [1.29, 1.82) is 0 Å². The number of esters is 1. The zero-order chi connectivity index (χ0) is 30.4. The Balaban J connectivity index is 1.60. The van der Waals surface area contributed by atoms with E-state index in [-0.39, 0.29) is 61.2 Å². The molecule has 1 aliphatic rings. The second kappa shape index (κ2) is 13.4.